The van der Waals surface area contributed by atoms with E-state index >= 15 is 0 Å². The zero-order valence-corrected chi connectivity index (χ0v) is 15.9. The normalized spacial score (nSPS) is 12.3. The van der Waals surface area contributed by atoms with E-state index in [1.54, 1.807) is 0 Å². The average Bonchev–Trinajstić information content (AvgIpc) is 2.72. The highest BCUT2D eigenvalue weighted by molar-refractivity contribution is 8.01. The van der Waals surface area contributed by atoms with E-state index in [2.05, 4.69) is 0 Å². The zero-order valence-electron chi connectivity index (χ0n) is 15.1. The van der Waals surface area contributed by atoms with Crippen LogP contribution < -0.4 is 0 Å². The van der Waals surface area contributed by atoms with Crippen LogP contribution in [0.15, 0.2) is 91.0 Å². The number of hydrogen-bond donors (Lipinski definition) is 2. The lowest BCUT2D eigenvalue weighted by molar-refractivity contribution is -0.142. The van der Waals surface area contributed by atoms with Crippen LogP contribution in [0.3, 0.4) is 0 Å². The molecular formula is C23H20O4S. The third-order valence-electron chi connectivity index (χ3n) is 4.50. The molecule has 142 valence electrons. The molecule has 0 radical (unpaired) electrons. The van der Waals surface area contributed by atoms with Gasteiger partial charge in [0.15, 0.2) is 0 Å². The van der Waals surface area contributed by atoms with Crippen molar-refractivity contribution in [3.63, 3.8) is 0 Å². The minimum Gasteiger partial charge on any atom is -0.481 e. The second-order valence-electron chi connectivity index (χ2n) is 6.32. The first-order chi connectivity index (χ1) is 13.5. The molecule has 0 amide bonds. The summed E-state index contributed by atoms with van der Waals surface area (Å²) < 4.78 is -0.859. The number of aliphatic carboxylic acids is 2. The fourth-order valence-electron chi connectivity index (χ4n) is 3.27. The number of carboxylic acid groups (broad SMARTS) is 2. The maximum Gasteiger partial charge on any atom is 0.317 e. The molecule has 3 rings (SSSR count). The number of hydrogen-bond acceptors (Lipinski definition) is 3. The molecule has 0 saturated heterocycles. The van der Waals surface area contributed by atoms with Gasteiger partial charge < -0.3 is 10.2 Å². The number of benzene rings is 3. The lowest BCUT2D eigenvalue weighted by atomic mass is 9.84. The van der Waals surface area contributed by atoms with Crippen LogP contribution in [0.25, 0.3) is 0 Å². The highest BCUT2D eigenvalue weighted by Gasteiger charge is 2.41. The Bertz CT molecular complexity index is 830. The molecule has 0 bridgehead atoms. The predicted molar refractivity (Wildman–Crippen MR) is 110 cm³/mol. The molecule has 0 aliphatic carbocycles. The van der Waals surface area contributed by atoms with Crippen molar-refractivity contribution in [1.29, 1.82) is 0 Å². The highest BCUT2D eigenvalue weighted by Crippen LogP contribution is 2.50. The van der Waals surface area contributed by atoms with Crippen molar-refractivity contribution in [2.24, 2.45) is 0 Å². The quantitative estimate of drug-likeness (QED) is 0.546. The molecule has 0 aliphatic rings. The molecule has 0 aliphatic heterocycles. The maximum absolute atomic E-state index is 11.9. The predicted octanol–water partition coefficient (Wildman–Crippen LogP) is 4.64. The Morgan fingerprint density at radius 1 is 0.714 bits per heavy atom. The lowest BCUT2D eigenvalue weighted by Crippen LogP contribution is -2.32. The zero-order chi connectivity index (χ0) is 20.0. The van der Waals surface area contributed by atoms with E-state index < -0.39 is 28.4 Å². The summed E-state index contributed by atoms with van der Waals surface area (Å²) in [5.41, 5.74) is 2.69. The Labute approximate surface area is 167 Å². The molecule has 28 heavy (non-hydrogen) atoms. The van der Waals surface area contributed by atoms with Crippen LogP contribution in [0.1, 0.15) is 23.1 Å². The highest BCUT2D eigenvalue weighted by atomic mass is 32.2. The lowest BCUT2D eigenvalue weighted by Gasteiger charge is -2.37. The van der Waals surface area contributed by atoms with Crippen LogP contribution in [0.4, 0.5) is 0 Å². The third kappa shape index (κ3) is 4.10. The fourth-order valence-corrected chi connectivity index (χ4v) is 4.84. The molecule has 0 heterocycles. The average molecular weight is 392 g/mol. The Hall–Kier alpha value is -3.05. The number of thioether (sulfide) groups is 1. The SMILES string of the molecule is O=C(O)C[C@H](SC(c1ccccc1)(c1ccccc1)c1ccccc1)C(=O)O. The van der Waals surface area contributed by atoms with Crippen LogP contribution in [0, 0.1) is 0 Å². The summed E-state index contributed by atoms with van der Waals surface area (Å²) >= 11 is 1.15. The van der Waals surface area contributed by atoms with Gasteiger partial charge in [-0.25, -0.2) is 0 Å². The summed E-state index contributed by atoms with van der Waals surface area (Å²) in [6.07, 6.45) is -0.464. The van der Waals surface area contributed by atoms with Crippen LogP contribution in [-0.4, -0.2) is 27.4 Å². The topological polar surface area (TPSA) is 74.6 Å². The largest absolute Gasteiger partial charge is 0.481 e. The molecule has 3 aromatic carbocycles. The fraction of sp³-hybridized carbons (Fsp3) is 0.130. The van der Waals surface area contributed by atoms with E-state index in [0.29, 0.717) is 0 Å². The van der Waals surface area contributed by atoms with E-state index in [-0.39, 0.29) is 0 Å². The number of rotatable bonds is 8. The van der Waals surface area contributed by atoms with Gasteiger partial charge in [0, 0.05) is 0 Å². The first kappa shape index (κ1) is 19.7. The van der Waals surface area contributed by atoms with Gasteiger partial charge in [-0.05, 0) is 16.7 Å². The molecule has 0 aromatic heterocycles. The van der Waals surface area contributed by atoms with Gasteiger partial charge in [0.05, 0.1) is 11.2 Å². The Balaban J connectivity index is 2.27. The molecular weight excluding hydrogens is 372 g/mol. The van der Waals surface area contributed by atoms with E-state index in [0.717, 1.165) is 28.5 Å². The first-order valence-electron chi connectivity index (χ1n) is 8.83. The summed E-state index contributed by atoms with van der Waals surface area (Å²) in [6, 6.07) is 28.9. The molecule has 0 unspecified atom stereocenters. The monoisotopic (exact) mass is 392 g/mol. The second kappa shape index (κ2) is 8.76. The Kier molecular flexibility index (Phi) is 6.16. The second-order valence-corrected chi connectivity index (χ2v) is 7.74. The van der Waals surface area contributed by atoms with Crippen LogP contribution in [0.5, 0.6) is 0 Å². The molecule has 5 heteroatoms. The van der Waals surface area contributed by atoms with E-state index in [9.17, 15) is 19.8 Å². The first-order valence-corrected chi connectivity index (χ1v) is 9.71. The van der Waals surface area contributed by atoms with Gasteiger partial charge >= 0.3 is 11.9 Å². The minimum absolute atomic E-state index is 0.464. The molecule has 2 N–H and O–H groups in total. The van der Waals surface area contributed by atoms with Crippen molar-refractivity contribution in [3.05, 3.63) is 108 Å². The molecule has 0 spiro atoms. The van der Waals surface area contributed by atoms with Crippen molar-refractivity contribution < 1.29 is 19.8 Å². The Morgan fingerprint density at radius 2 is 1.07 bits per heavy atom. The molecule has 0 saturated carbocycles. The number of carboxylic acids is 2. The van der Waals surface area contributed by atoms with E-state index in [1.165, 1.54) is 0 Å². The van der Waals surface area contributed by atoms with Crippen molar-refractivity contribution in [3.8, 4) is 0 Å². The minimum atomic E-state index is -1.14. The van der Waals surface area contributed by atoms with Crippen molar-refractivity contribution >= 4 is 23.7 Å². The van der Waals surface area contributed by atoms with Crippen LogP contribution >= 0.6 is 11.8 Å². The van der Waals surface area contributed by atoms with Gasteiger partial charge in [0.2, 0.25) is 0 Å². The molecule has 3 aromatic rings. The van der Waals surface area contributed by atoms with Crippen molar-refractivity contribution in [2.45, 2.75) is 16.4 Å². The summed E-state index contributed by atoms with van der Waals surface area (Å²) in [5, 5.41) is 17.9. The third-order valence-corrected chi connectivity index (χ3v) is 6.21. The van der Waals surface area contributed by atoms with Gasteiger partial charge in [-0.3, -0.25) is 9.59 Å². The molecule has 4 nitrogen and oxygen atoms in total. The Morgan fingerprint density at radius 3 is 1.36 bits per heavy atom. The van der Waals surface area contributed by atoms with Gasteiger partial charge in [-0.15, -0.1) is 11.8 Å². The van der Waals surface area contributed by atoms with Crippen molar-refractivity contribution in [1.82, 2.24) is 0 Å². The van der Waals surface area contributed by atoms with Gasteiger partial charge in [-0.1, -0.05) is 91.0 Å². The maximum atomic E-state index is 11.9. The summed E-state index contributed by atoms with van der Waals surface area (Å²) in [4.78, 5) is 23.3. The van der Waals surface area contributed by atoms with Crippen molar-refractivity contribution in [2.75, 3.05) is 0 Å². The van der Waals surface area contributed by atoms with Gasteiger partial charge in [0.25, 0.3) is 0 Å². The summed E-state index contributed by atoms with van der Waals surface area (Å²) in [6.45, 7) is 0. The number of carbonyl (C=O) groups is 2. The summed E-state index contributed by atoms with van der Waals surface area (Å²) in [7, 11) is 0. The van der Waals surface area contributed by atoms with E-state index in [1.807, 2.05) is 91.0 Å². The van der Waals surface area contributed by atoms with Crippen LogP contribution in [-0.2, 0) is 14.3 Å². The van der Waals surface area contributed by atoms with Gasteiger partial charge in [0.1, 0.15) is 5.25 Å². The molecule has 0 fully saturated rings. The van der Waals surface area contributed by atoms with Crippen LogP contribution in [0.2, 0.25) is 0 Å². The van der Waals surface area contributed by atoms with E-state index in [4.69, 9.17) is 0 Å². The van der Waals surface area contributed by atoms with Gasteiger partial charge in [-0.2, -0.15) is 0 Å². The summed E-state index contributed by atoms with van der Waals surface area (Å²) in [5.74, 6) is -2.28. The molecule has 1 atom stereocenters. The smallest absolute Gasteiger partial charge is 0.317 e. The standard InChI is InChI=1S/C23H20O4S/c24-21(25)16-20(22(26)27)28-23(17-10-4-1-5-11-17,18-12-6-2-7-13-18)19-14-8-3-9-15-19/h1-15,20H,16H2,(H,24,25)(H,26,27)/t20-/m0/s1.